The van der Waals surface area contributed by atoms with E-state index in [9.17, 15) is 15.2 Å². The molecule has 9 nitrogen and oxygen atoms in total. The number of nitrogens with zero attached hydrogens (tertiary/aromatic N) is 6. The van der Waals surface area contributed by atoms with E-state index in [4.69, 9.17) is 0 Å². The van der Waals surface area contributed by atoms with Crippen molar-refractivity contribution < 1.29 is 9.90 Å². The highest BCUT2D eigenvalue weighted by Crippen LogP contribution is 2.40. The van der Waals surface area contributed by atoms with Gasteiger partial charge in [0.2, 0.25) is 0 Å². The lowest BCUT2D eigenvalue weighted by Gasteiger charge is -2.11. The van der Waals surface area contributed by atoms with Gasteiger partial charge in [-0.1, -0.05) is 48.5 Å². The van der Waals surface area contributed by atoms with Crippen LogP contribution in [-0.4, -0.2) is 25.8 Å². The Morgan fingerprint density at radius 2 is 1.77 bits per heavy atom. The number of pyridine rings is 1. The summed E-state index contributed by atoms with van der Waals surface area (Å²) in [6, 6.07) is 25.0. The fraction of sp³-hybridized carbons (Fsp3) is 0. The zero-order valence-electron chi connectivity index (χ0n) is 18.2. The summed E-state index contributed by atoms with van der Waals surface area (Å²) in [6.45, 7) is 0. The van der Waals surface area contributed by atoms with E-state index in [2.05, 4.69) is 25.6 Å². The highest BCUT2D eigenvalue weighted by atomic mass is 16.3. The molecule has 2 aromatic heterocycles. The van der Waals surface area contributed by atoms with Gasteiger partial charge in [-0.2, -0.15) is 15.0 Å². The van der Waals surface area contributed by atoms with Crippen molar-refractivity contribution in [2.75, 3.05) is 5.32 Å². The fourth-order valence-electron chi connectivity index (χ4n) is 3.57. The Balaban J connectivity index is 1.61. The van der Waals surface area contributed by atoms with Gasteiger partial charge in [0.05, 0.1) is 11.8 Å². The Morgan fingerprint density at radius 1 is 1.00 bits per heavy atom. The monoisotopic (exact) mass is 459 g/mol. The number of azo groups is 1. The first-order valence-electron chi connectivity index (χ1n) is 10.6. The van der Waals surface area contributed by atoms with Crippen molar-refractivity contribution in [2.24, 2.45) is 10.2 Å². The van der Waals surface area contributed by atoms with Crippen LogP contribution in [0.4, 0.5) is 17.2 Å². The molecule has 0 saturated heterocycles. The highest BCUT2D eigenvalue weighted by Gasteiger charge is 2.19. The van der Waals surface area contributed by atoms with Crippen molar-refractivity contribution in [3.05, 3.63) is 102 Å². The summed E-state index contributed by atoms with van der Waals surface area (Å²) in [5.41, 5.74) is 0.909. The van der Waals surface area contributed by atoms with Gasteiger partial charge in [0.15, 0.2) is 17.4 Å². The molecule has 0 atom stereocenters. The Bertz CT molecular complexity index is 1600. The van der Waals surface area contributed by atoms with Gasteiger partial charge in [0.25, 0.3) is 5.91 Å². The van der Waals surface area contributed by atoms with E-state index in [1.165, 1.54) is 10.9 Å². The van der Waals surface area contributed by atoms with E-state index in [0.29, 0.717) is 22.3 Å². The number of para-hydroxylation sites is 1. The van der Waals surface area contributed by atoms with E-state index in [0.717, 1.165) is 0 Å². The molecule has 0 aliphatic heterocycles. The number of rotatable bonds is 5. The first-order valence-corrected chi connectivity index (χ1v) is 10.6. The Hall–Kier alpha value is -5.36. The molecule has 0 spiro atoms. The Morgan fingerprint density at radius 3 is 2.54 bits per heavy atom. The molecule has 0 bridgehead atoms. The summed E-state index contributed by atoms with van der Waals surface area (Å²) < 4.78 is 1.38. The molecule has 0 aliphatic carbocycles. The zero-order chi connectivity index (χ0) is 24.2. The largest absolute Gasteiger partial charge is 0.505 e. The lowest BCUT2D eigenvalue weighted by Crippen LogP contribution is -2.12. The molecule has 9 heteroatoms. The third kappa shape index (κ3) is 4.19. The molecule has 5 aromatic rings. The van der Waals surface area contributed by atoms with Crippen LogP contribution < -0.4 is 5.32 Å². The molecule has 0 unspecified atom stereocenters. The number of anilines is 1. The number of amides is 1. The van der Waals surface area contributed by atoms with Crippen LogP contribution in [0.1, 0.15) is 15.9 Å². The first kappa shape index (κ1) is 21.5. The number of hydrogen-bond acceptors (Lipinski definition) is 7. The van der Waals surface area contributed by atoms with E-state index >= 15 is 0 Å². The summed E-state index contributed by atoms with van der Waals surface area (Å²) in [5, 5.41) is 37.4. The molecule has 0 saturated carbocycles. The molecule has 0 fully saturated rings. The van der Waals surface area contributed by atoms with Crippen molar-refractivity contribution in [1.82, 2.24) is 14.8 Å². The van der Waals surface area contributed by atoms with Gasteiger partial charge >= 0.3 is 0 Å². The zero-order valence-corrected chi connectivity index (χ0v) is 18.2. The van der Waals surface area contributed by atoms with Crippen molar-refractivity contribution in [1.29, 1.82) is 5.26 Å². The molecule has 0 radical (unpaired) electrons. The summed E-state index contributed by atoms with van der Waals surface area (Å²) in [6.07, 6.45) is 2.96. The number of benzene rings is 3. The number of aromatic hydroxyl groups is 1. The van der Waals surface area contributed by atoms with Crippen LogP contribution in [0.5, 0.6) is 5.75 Å². The van der Waals surface area contributed by atoms with Gasteiger partial charge < -0.3 is 10.4 Å². The van der Waals surface area contributed by atoms with Crippen molar-refractivity contribution in [3.8, 4) is 17.6 Å². The number of aromatic nitrogens is 3. The standard InChI is InChI=1S/C26H17N7O2/c27-15-18-16-29-33(22-12-6-7-13-28-22)25(18)32-31-23-20-11-5-4-8-17(20)14-21(24(23)34)26(35)30-19-9-2-1-3-10-19/h1-14,16,34H,(H,30,35)/b32-31+. The molecule has 1 amide bonds. The van der Waals surface area contributed by atoms with E-state index in [-0.39, 0.29) is 28.4 Å². The van der Waals surface area contributed by atoms with Crippen LogP contribution in [0.15, 0.2) is 101 Å². The third-order valence-corrected chi connectivity index (χ3v) is 5.25. The summed E-state index contributed by atoms with van der Waals surface area (Å²) in [4.78, 5) is 17.2. The van der Waals surface area contributed by atoms with E-state index in [1.807, 2.05) is 24.3 Å². The Kier molecular flexibility index (Phi) is 5.68. The predicted molar refractivity (Wildman–Crippen MR) is 130 cm³/mol. The average Bonchev–Trinajstić information content (AvgIpc) is 3.32. The number of phenols is 1. The minimum absolute atomic E-state index is 0.0419. The second kappa shape index (κ2) is 9.25. The van der Waals surface area contributed by atoms with Crippen molar-refractivity contribution in [3.63, 3.8) is 0 Å². The average molecular weight is 459 g/mol. The highest BCUT2D eigenvalue weighted by molar-refractivity contribution is 6.11. The molecule has 168 valence electrons. The maximum absolute atomic E-state index is 13.0. The lowest BCUT2D eigenvalue weighted by molar-refractivity contribution is 0.102. The van der Waals surface area contributed by atoms with Crippen LogP contribution in [-0.2, 0) is 0 Å². The molecule has 2 heterocycles. The van der Waals surface area contributed by atoms with Gasteiger partial charge in [-0.25, -0.2) is 4.98 Å². The smallest absolute Gasteiger partial charge is 0.259 e. The van der Waals surface area contributed by atoms with Gasteiger partial charge in [-0.15, -0.1) is 10.2 Å². The van der Waals surface area contributed by atoms with Crippen LogP contribution in [0.3, 0.4) is 0 Å². The predicted octanol–water partition coefficient (Wildman–Crippen LogP) is 5.67. The molecular weight excluding hydrogens is 442 g/mol. The topological polar surface area (TPSA) is 129 Å². The van der Waals surface area contributed by atoms with Crippen LogP contribution in [0.2, 0.25) is 0 Å². The maximum atomic E-state index is 13.0. The normalized spacial score (nSPS) is 10.9. The van der Waals surface area contributed by atoms with Crippen molar-refractivity contribution >= 4 is 33.9 Å². The van der Waals surface area contributed by atoms with Crippen LogP contribution in [0.25, 0.3) is 16.6 Å². The van der Waals surface area contributed by atoms with E-state index in [1.54, 1.807) is 66.9 Å². The lowest BCUT2D eigenvalue weighted by atomic mass is 10.0. The summed E-state index contributed by atoms with van der Waals surface area (Å²) in [7, 11) is 0. The molecule has 3 aromatic carbocycles. The molecule has 35 heavy (non-hydrogen) atoms. The van der Waals surface area contributed by atoms with Gasteiger partial charge in [-0.3, -0.25) is 4.79 Å². The first-order chi connectivity index (χ1) is 17.2. The molecule has 5 rings (SSSR count). The van der Waals surface area contributed by atoms with Gasteiger partial charge in [0.1, 0.15) is 17.3 Å². The minimum Gasteiger partial charge on any atom is -0.505 e. The number of carbonyl (C=O) groups is 1. The third-order valence-electron chi connectivity index (χ3n) is 5.25. The SMILES string of the molecule is N#Cc1cnn(-c2ccccn2)c1/N=N/c1c(O)c(C(=O)Nc2ccccc2)cc2ccccc12. The molecule has 2 N–H and O–H groups in total. The number of carbonyl (C=O) groups excluding carboxylic acids is 1. The van der Waals surface area contributed by atoms with Gasteiger partial charge in [0, 0.05) is 17.3 Å². The second-order valence-electron chi connectivity index (χ2n) is 7.46. The van der Waals surface area contributed by atoms with Crippen molar-refractivity contribution in [2.45, 2.75) is 0 Å². The molecular formula is C26H17N7O2. The number of fused-ring (bicyclic) bond motifs is 1. The summed E-state index contributed by atoms with van der Waals surface area (Å²) >= 11 is 0. The van der Waals surface area contributed by atoms with Crippen LogP contribution >= 0.6 is 0 Å². The fourth-order valence-corrected chi connectivity index (χ4v) is 3.57. The number of nitriles is 1. The minimum atomic E-state index is -0.493. The number of phenolic OH excluding ortho intramolecular Hbond substituents is 1. The van der Waals surface area contributed by atoms with E-state index < -0.39 is 5.91 Å². The number of nitrogens with one attached hydrogen (secondary N) is 1. The quantitative estimate of drug-likeness (QED) is 0.327. The Labute approximate surface area is 199 Å². The number of hydrogen-bond donors (Lipinski definition) is 2. The molecule has 0 aliphatic rings. The second-order valence-corrected chi connectivity index (χ2v) is 7.46. The van der Waals surface area contributed by atoms with Gasteiger partial charge in [-0.05, 0) is 35.7 Å². The maximum Gasteiger partial charge on any atom is 0.259 e. The van der Waals surface area contributed by atoms with Crippen LogP contribution in [0, 0.1) is 11.3 Å². The summed E-state index contributed by atoms with van der Waals surface area (Å²) in [5.74, 6) is -0.225.